The van der Waals surface area contributed by atoms with Gasteiger partial charge in [-0.1, -0.05) is 0 Å². The third-order valence-corrected chi connectivity index (χ3v) is 4.53. The number of nitrogens with one attached hydrogen (secondary N) is 2. The van der Waals surface area contributed by atoms with Crippen molar-refractivity contribution in [2.24, 2.45) is 0 Å². The molecule has 3 aromatic rings. The second-order valence-electron chi connectivity index (χ2n) is 6.83. The largest absolute Gasteiger partial charge is 0.857 e. The van der Waals surface area contributed by atoms with Crippen LogP contribution >= 0.6 is 0 Å². The molecular weight excluding hydrogens is 434 g/mol. The van der Waals surface area contributed by atoms with Crippen LogP contribution in [0.25, 0.3) is 11.2 Å². The predicted octanol–water partition coefficient (Wildman–Crippen LogP) is -0.176. The van der Waals surface area contributed by atoms with Crippen molar-refractivity contribution in [2.75, 3.05) is 18.2 Å². The van der Waals surface area contributed by atoms with E-state index in [0.717, 1.165) is 0 Å². The van der Waals surface area contributed by atoms with Crippen molar-refractivity contribution in [1.29, 1.82) is 0 Å². The van der Waals surface area contributed by atoms with Crippen molar-refractivity contribution >= 4 is 40.6 Å². The lowest BCUT2D eigenvalue weighted by Gasteiger charge is -2.14. The Kier molecular flexibility index (Phi) is 7.13. The quantitative estimate of drug-likeness (QED) is 0.311. The number of ether oxygens (including phenoxy) is 1. The first-order valence-electron chi connectivity index (χ1n) is 9.67. The Hall–Kier alpha value is -4.55. The van der Waals surface area contributed by atoms with Crippen molar-refractivity contribution in [3.05, 3.63) is 41.7 Å². The molecule has 0 aliphatic carbocycles. The summed E-state index contributed by atoms with van der Waals surface area (Å²) in [6.45, 7) is 0.229. The number of nitrogen functional groups attached to an aromatic ring is 1. The Morgan fingerprint density at radius 2 is 1.91 bits per heavy atom. The topological polar surface area (TPSA) is 205 Å². The highest BCUT2D eigenvalue weighted by Crippen LogP contribution is 2.17. The maximum absolute atomic E-state index is 12.4. The molecule has 0 radical (unpaired) electrons. The summed E-state index contributed by atoms with van der Waals surface area (Å²) in [6, 6.07) is 5.03. The van der Waals surface area contributed by atoms with Crippen LogP contribution in [-0.2, 0) is 20.9 Å². The summed E-state index contributed by atoms with van der Waals surface area (Å²) >= 11 is 0. The monoisotopic (exact) mass is 454 g/mol. The molecule has 0 aliphatic rings. The third kappa shape index (κ3) is 6.00. The number of rotatable bonds is 9. The average molecular weight is 454 g/mol. The van der Waals surface area contributed by atoms with Crippen LogP contribution in [0.2, 0.25) is 0 Å². The third-order valence-electron chi connectivity index (χ3n) is 4.53. The van der Waals surface area contributed by atoms with Crippen molar-refractivity contribution < 1.29 is 29.3 Å². The van der Waals surface area contributed by atoms with Crippen molar-refractivity contribution in [3.63, 3.8) is 0 Å². The molecule has 5 N–H and O–H groups in total. The molecule has 1 atom stereocenters. The van der Waals surface area contributed by atoms with Gasteiger partial charge in [-0.25, -0.2) is 19.7 Å². The number of hydrogen-bond donors (Lipinski definition) is 4. The number of nitrogens with zero attached hydrogens (tertiary/aromatic N) is 4. The molecule has 2 aromatic heterocycles. The summed E-state index contributed by atoms with van der Waals surface area (Å²) in [5, 5.41) is 26.6. The second kappa shape index (κ2) is 10.2. The van der Waals surface area contributed by atoms with Crippen LogP contribution in [-0.4, -0.2) is 56.0 Å². The fourth-order valence-electron chi connectivity index (χ4n) is 2.82. The molecule has 1 amide bonds. The number of amides is 1. The summed E-state index contributed by atoms with van der Waals surface area (Å²) in [5.41, 5.74) is 6.89. The van der Waals surface area contributed by atoms with Crippen LogP contribution in [0.5, 0.6) is 5.88 Å². The molecule has 0 spiro atoms. The van der Waals surface area contributed by atoms with Gasteiger partial charge in [-0.3, -0.25) is 9.59 Å². The number of benzene rings is 1. The Bertz CT molecular complexity index is 1190. The van der Waals surface area contributed by atoms with E-state index in [1.54, 1.807) is 12.1 Å². The summed E-state index contributed by atoms with van der Waals surface area (Å²) in [7, 11) is 1.20. The Morgan fingerprint density at radius 1 is 1.18 bits per heavy atom. The Morgan fingerprint density at radius 3 is 2.58 bits per heavy atom. The van der Waals surface area contributed by atoms with Gasteiger partial charge in [-0.2, -0.15) is 4.98 Å². The van der Waals surface area contributed by atoms with Gasteiger partial charge in [0, 0.05) is 23.6 Å². The molecule has 0 saturated heterocycles. The molecule has 172 valence electrons. The lowest BCUT2D eigenvalue weighted by atomic mass is 10.1. The number of nitrogens with two attached hydrogens (primary N) is 1. The van der Waals surface area contributed by atoms with Gasteiger partial charge >= 0.3 is 11.9 Å². The number of aliphatic carboxylic acids is 1. The maximum Gasteiger partial charge on any atom is 0.326 e. The normalized spacial score (nSPS) is 11.5. The smallest absolute Gasteiger partial charge is 0.326 e. The minimum atomic E-state index is -1.25. The average Bonchev–Trinajstić information content (AvgIpc) is 2.80. The van der Waals surface area contributed by atoms with E-state index in [9.17, 15) is 24.6 Å². The van der Waals surface area contributed by atoms with Gasteiger partial charge < -0.3 is 31.3 Å². The molecule has 13 heteroatoms. The van der Waals surface area contributed by atoms with E-state index in [2.05, 4.69) is 35.3 Å². The fourth-order valence-corrected chi connectivity index (χ4v) is 2.82. The van der Waals surface area contributed by atoms with E-state index in [1.807, 2.05) is 0 Å². The van der Waals surface area contributed by atoms with Gasteiger partial charge in [0.2, 0.25) is 5.95 Å². The number of aromatic nitrogens is 4. The second-order valence-corrected chi connectivity index (χ2v) is 6.83. The minimum absolute atomic E-state index is 0.00991. The number of carboxylic acid groups (broad SMARTS) is 1. The Balaban J connectivity index is 1.60. The van der Waals surface area contributed by atoms with Crippen molar-refractivity contribution in [1.82, 2.24) is 25.3 Å². The highest BCUT2D eigenvalue weighted by Gasteiger charge is 2.22. The zero-order valence-electron chi connectivity index (χ0n) is 17.4. The van der Waals surface area contributed by atoms with Crippen LogP contribution in [0.15, 0.2) is 30.5 Å². The summed E-state index contributed by atoms with van der Waals surface area (Å²) in [4.78, 5) is 50.6. The van der Waals surface area contributed by atoms with Crippen LogP contribution < -0.4 is 21.5 Å². The molecule has 0 fully saturated rings. The lowest BCUT2D eigenvalue weighted by molar-refractivity contribution is -0.272. The molecule has 13 nitrogen and oxygen atoms in total. The number of hydrogen-bond acceptors (Lipinski definition) is 11. The van der Waals surface area contributed by atoms with Crippen LogP contribution in [0.1, 0.15) is 28.9 Å². The molecule has 1 aromatic carbocycles. The first-order chi connectivity index (χ1) is 15.8. The van der Waals surface area contributed by atoms with E-state index >= 15 is 0 Å². The minimum Gasteiger partial charge on any atom is -0.857 e. The molecule has 0 saturated carbocycles. The standard InChI is InChI=1S/C20H21N7O6/c1-33-14(28)7-6-13(19(31)32)25-17(29)10-2-4-11(5-3-10)22-8-12-9-23-16-15(24-12)18(30)27-20(21)26-16/h2-5,9,13,22H,6-8H2,1H3,(H,25,29)(H,31,32)(H3,21,23,26,27,30)/p-1/t13-/m0/s1. The number of anilines is 2. The van der Waals surface area contributed by atoms with E-state index in [1.165, 1.54) is 25.4 Å². The number of esters is 1. The Labute approximate surface area is 187 Å². The molecule has 33 heavy (non-hydrogen) atoms. The molecule has 2 heterocycles. The molecular formula is C20H20N7O6-. The number of carbonyl (C=O) groups is 3. The summed E-state index contributed by atoms with van der Waals surface area (Å²) in [6.07, 6.45) is 1.22. The number of fused-ring (bicyclic) bond motifs is 1. The van der Waals surface area contributed by atoms with Gasteiger partial charge in [0.05, 0.1) is 25.5 Å². The highest BCUT2D eigenvalue weighted by atomic mass is 16.5. The molecule has 0 aliphatic heterocycles. The van der Waals surface area contributed by atoms with Crippen LogP contribution in [0, 0.1) is 0 Å². The summed E-state index contributed by atoms with van der Waals surface area (Å²) < 4.78 is 4.48. The molecule has 0 unspecified atom stereocenters. The first kappa shape index (κ1) is 23.1. The fraction of sp³-hybridized carbons (Fsp3) is 0.250. The predicted molar refractivity (Wildman–Crippen MR) is 113 cm³/mol. The molecule has 3 rings (SSSR count). The zero-order valence-corrected chi connectivity index (χ0v) is 17.4. The summed E-state index contributed by atoms with van der Waals surface area (Å²) in [5.74, 6) is -3.20. The van der Waals surface area contributed by atoms with E-state index in [0.29, 0.717) is 11.4 Å². The van der Waals surface area contributed by atoms with Crippen molar-refractivity contribution in [3.8, 4) is 5.88 Å². The number of methoxy groups -OCH3 is 1. The van der Waals surface area contributed by atoms with E-state index in [-0.39, 0.29) is 42.1 Å². The zero-order chi connectivity index (χ0) is 24.0. The maximum atomic E-state index is 12.4. The lowest BCUT2D eigenvalue weighted by Crippen LogP contribution is -2.41. The SMILES string of the molecule is COC(=O)CC[C@H](NC(=O)c1ccc(NCc2cnc3nc(N)nc([O-])c3n2)cc1)C(=O)O. The van der Waals surface area contributed by atoms with Crippen LogP contribution in [0.3, 0.4) is 0 Å². The van der Waals surface area contributed by atoms with Crippen molar-refractivity contribution in [2.45, 2.75) is 25.4 Å². The molecule has 0 bridgehead atoms. The number of carboxylic acids is 1. The first-order valence-corrected chi connectivity index (χ1v) is 9.67. The highest BCUT2D eigenvalue weighted by molar-refractivity contribution is 5.97. The van der Waals surface area contributed by atoms with E-state index < -0.39 is 29.8 Å². The van der Waals surface area contributed by atoms with Gasteiger partial charge in [0.1, 0.15) is 11.6 Å². The van der Waals surface area contributed by atoms with Gasteiger partial charge in [-0.05, 0) is 30.7 Å². The van der Waals surface area contributed by atoms with Gasteiger partial charge in [-0.15, -0.1) is 0 Å². The van der Waals surface area contributed by atoms with Gasteiger partial charge in [0.15, 0.2) is 5.65 Å². The number of carbonyl (C=O) groups excluding carboxylic acids is 2. The van der Waals surface area contributed by atoms with Gasteiger partial charge in [0.25, 0.3) is 5.91 Å². The van der Waals surface area contributed by atoms with E-state index in [4.69, 9.17) is 5.73 Å². The van der Waals surface area contributed by atoms with Crippen LogP contribution in [0.4, 0.5) is 11.6 Å².